The van der Waals surface area contributed by atoms with Gasteiger partial charge in [-0.3, -0.25) is 4.79 Å². The molecule has 2 fully saturated rings. The molecule has 2 N–H and O–H groups in total. The Morgan fingerprint density at radius 3 is 2.44 bits per heavy atom. The Morgan fingerprint density at radius 1 is 1.24 bits per heavy atom. The summed E-state index contributed by atoms with van der Waals surface area (Å²) in [5.41, 5.74) is 1.85. The van der Waals surface area contributed by atoms with E-state index in [1.54, 1.807) is 0 Å². The lowest BCUT2D eigenvalue weighted by Gasteiger charge is -2.32. The average molecular weight is 367 g/mol. The highest BCUT2D eigenvalue weighted by atomic mass is 35.5. The molecule has 0 aromatic heterocycles. The van der Waals surface area contributed by atoms with Crippen molar-refractivity contribution in [2.75, 3.05) is 13.1 Å². The number of benzene rings is 1. The minimum Gasteiger partial charge on any atom is -0.399 e. The zero-order valence-electron chi connectivity index (χ0n) is 15.6. The molecule has 0 aliphatic carbocycles. The van der Waals surface area contributed by atoms with Gasteiger partial charge in [-0.25, -0.2) is 0 Å². The second kappa shape index (κ2) is 7.27. The van der Waals surface area contributed by atoms with Crippen LogP contribution in [0, 0.1) is 6.92 Å². The number of aryl methyl sites for hydroxylation is 1. The standard InChI is InChI=1S/C18H27BN2O3.ClH/c1-12-6-7-13(16(22)21-14-8-9-20-11-14)10-15(12)19-23-17(2,3)18(4,5)24-19;/h6-7,10,14,20H,8-9,11H2,1-5H3,(H,21,22);1H/t14-;/m1./s1. The van der Waals surface area contributed by atoms with E-state index in [2.05, 4.69) is 10.6 Å². The quantitative estimate of drug-likeness (QED) is 0.801. The molecule has 3 rings (SSSR count). The Morgan fingerprint density at radius 2 is 1.88 bits per heavy atom. The first kappa shape index (κ1) is 20.2. The fourth-order valence-electron chi connectivity index (χ4n) is 3.05. The molecule has 1 aromatic carbocycles. The van der Waals surface area contributed by atoms with E-state index < -0.39 is 18.3 Å². The van der Waals surface area contributed by atoms with Crippen molar-refractivity contribution >= 4 is 30.9 Å². The molecule has 2 aliphatic heterocycles. The summed E-state index contributed by atoms with van der Waals surface area (Å²) in [4.78, 5) is 12.5. The number of hydrogen-bond acceptors (Lipinski definition) is 4. The third kappa shape index (κ3) is 4.03. The van der Waals surface area contributed by atoms with Gasteiger partial charge in [0.15, 0.2) is 0 Å². The Balaban J connectivity index is 0.00000225. The minimum atomic E-state index is -0.448. The van der Waals surface area contributed by atoms with Gasteiger partial charge in [0.05, 0.1) is 11.2 Å². The van der Waals surface area contributed by atoms with E-state index in [1.807, 2.05) is 52.8 Å². The number of carbonyl (C=O) groups is 1. The molecule has 2 heterocycles. The summed E-state index contributed by atoms with van der Waals surface area (Å²) in [6.07, 6.45) is 0.974. The lowest BCUT2D eigenvalue weighted by atomic mass is 9.75. The van der Waals surface area contributed by atoms with Gasteiger partial charge in [0.25, 0.3) is 5.91 Å². The van der Waals surface area contributed by atoms with Crippen molar-refractivity contribution < 1.29 is 14.1 Å². The second-order valence-electron chi connectivity index (χ2n) is 7.82. The van der Waals surface area contributed by atoms with Crippen molar-refractivity contribution in [3.63, 3.8) is 0 Å². The monoisotopic (exact) mass is 366 g/mol. The van der Waals surface area contributed by atoms with Gasteiger partial charge in [0.1, 0.15) is 0 Å². The molecule has 5 nitrogen and oxygen atoms in total. The van der Waals surface area contributed by atoms with Crippen molar-refractivity contribution in [3.8, 4) is 0 Å². The Labute approximate surface area is 156 Å². The van der Waals surface area contributed by atoms with Crippen LogP contribution in [0.25, 0.3) is 0 Å². The van der Waals surface area contributed by atoms with E-state index in [1.165, 1.54) is 0 Å². The summed E-state index contributed by atoms with van der Waals surface area (Å²) in [7, 11) is -0.448. The minimum absolute atomic E-state index is 0. The van der Waals surface area contributed by atoms with Gasteiger partial charge in [0, 0.05) is 18.2 Å². The molecule has 2 saturated heterocycles. The number of carbonyl (C=O) groups excluding carboxylic acids is 1. The van der Waals surface area contributed by atoms with E-state index in [0.29, 0.717) is 5.56 Å². The zero-order valence-corrected chi connectivity index (χ0v) is 16.5. The van der Waals surface area contributed by atoms with Crippen LogP contribution in [0.15, 0.2) is 18.2 Å². The van der Waals surface area contributed by atoms with Crippen LogP contribution in [0.4, 0.5) is 0 Å². The van der Waals surface area contributed by atoms with Crippen molar-refractivity contribution in [2.24, 2.45) is 0 Å². The van der Waals surface area contributed by atoms with E-state index in [9.17, 15) is 4.79 Å². The van der Waals surface area contributed by atoms with E-state index in [4.69, 9.17) is 9.31 Å². The highest BCUT2D eigenvalue weighted by molar-refractivity contribution is 6.62. The molecule has 0 unspecified atom stereocenters. The third-order valence-electron chi connectivity index (χ3n) is 5.44. The van der Waals surface area contributed by atoms with Crippen LogP contribution in [0.1, 0.15) is 50.0 Å². The predicted molar refractivity (Wildman–Crippen MR) is 103 cm³/mol. The highest BCUT2D eigenvalue weighted by Crippen LogP contribution is 2.36. The number of rotatable bonds is 3. The first-order valence-electron chi connectivity index (χ1n) is 8.67. The summed E-state index contributed by atoms with van der Waals surface area (Å²) in [5.74, 6) is -0.0403. The third-order valence-corrected chi connectivity index (χ3v) is 5.44. The Bertz CT molecular complexity index is 629. The molecule has 25 heavy (non-hydrogen) atoms. The maximum atomic E-state index is 12.5. The molecule has 0 saturated carbocycles. The van der Waals surface area contributed by atoms with Crippen LogP contribution in [0.5, 0.6) is 0 Å². The van der Waals surface area contributed by atoms with Crippen LogP contribution >= 0.6 is 12.4 Å². The van der Waals surface area contributed by atoms with Gasteiger partial charge in [-0.15, -0.1) is 12.4 Å². The van der Waals surface area contributed by atoms with Gasteiger partial charge < -0.3 is 19.9 Å². The van der Waals surface area contributed by atoms with Crippen molar-refractivity contribution in [1.29, 1.82) is 0 Å². The number of nitrogens with one attached hydrogen (secondary N) is 2. The molecule has 1 aromatic rings. The first-order valence-corrected chi connectivity index (χ1v) is 8.67. The van der Waals surface area contributed by atoms with Gasteiger partial charge >= 0.3 is 7.12 Å². The molecule has 7 heteroatoms. The van der Waals surface area contributed by atoms with Gasteiger partial charge in [-0.05, 0) is 65.2 Å². The van der Waals surface area contributed by atoms with Crippen LogP contribution < -0.4 is 16.1 Å². The number of amides is 1. The van der Waals surface area contributed by atoms with Gasteiger partial charge in [-0.1, -0.05) is 11.6 Å². The Hall–Kier alpha value is -1.08. The number of halogens is 1. The van der Waals surface area contributed by atoms with E-state index in [0.717, 1.165) is 30.5 Å². The summed E-state index contributed by atoms with van der Waals surface area (Å²) in [6, 6.07) is 5.93. The summed E-state index contributed by atoms with van der Waals surface area (Å²) in [6.45, 7) is 11.9. The summed E-state index contributed by atoms with van der Waals surface area (Å²) >= 11 is 0. The maximum Gasteiger partial charge on any atom is 0.495 e. The fraction of sp³-hybridized carbons (Fsp3) is 0.611. The van der Waals surface area contributed by atoms with Crippen LogP contribution in [0.3, 0.4) is 0 Å². The van der Waals surface area contributed by atoms with E-state index >= 15 is 0 Å². The lowest BCUT2D eigenvalue weighted by molar-refractivity contribution is 0.00578. The fourth-order valence-corrected chi connectivity index (χ4v) is 3.05. The molecule has 1 amide bonds. The molecular formula is C18H28BClN2O3. The normalized spacial score (nSPS) is 24.0. The van der Waals surface area contributed by atoms with Crippen LogP contribution in [0.2, 0.25) is 0 Å². The lowest BCUT2D eigenvalue weighted by Crippen LogP contribution is -2.41. The first-order chi connectivity index (χ1) is 11.2. The molecular weight excluding hydrogens is 338 g/mol. The highest BCUT2D eigenvalue weighted by Gasteiger charge is 2.52. The molecule has 1 atom stereocenters. The summed E-state index contributed by atoms with van der Waals surface area (Å²) in [5, 5.41) is 6.34. The molecule has 138 valence electrons. The second-order valence-corrected chi connectivity index (χ2v) is 7.82. The van der Waals surface area contributed by atoms with Crippen LogP contribution in [-0.2, 0) is 9.31 Å². The molecule has 2 aliphatic rings. The summed E-state index contributed by atoms with van der Waals surface area (Å²) < 4.78 is 12.3. The molecule has 0 radical (unpaired) electrons. The van der Waals surface area contributed by atoms with Gasteiger partial charge in [0.2, 0.25) is 0 Å². The average Bonchev–Trinajstić information content (AvgIpc) is 3.05. The van der Waals surface area contributed by atoms with Gasteiger partial charge in [-0.2, -0.15) is 0 Å². The van der Waals surface area contributed by atoms with Crippen molar-refractivity contribution in [3.05, 3.63) is 29.3 Å². The number of hydrogen-bond donors (Lipinski definition) is 2. The van der Waals surface area contributed by atoms with Crippen molar-refractivity contribution in [1.82, 2.24) is 10.6 Å². The molecule has 0 spiro atoms. The van der Waals surface area contributed by atoms with Crippen LogP contribution in [-0.4, -0.2) is 43.4 Å². The maximum absolute atomic E-state index is 12.5. The largest absolute Gasteiger partial charge is 0.495 e. The van der Waals surface area contributed by atoms with E-state index in [-0.39, 0.29) is 24.4 Å². The zero-order chi connectivity index (χ0) is 17.5. The topological polar surface area (TPSA) is 59.6 Å². The smallest absolute Gasteiger partial charge is 0.399 e. The predicted octanol–water partition coefficient (Wildman–Crippen LogP) is 1.81. The SMILES string of the molecule is Cc1ccc(C(=O)N[C@@H]2CCNC2)cc1B1OC(C)(C)C(C)(C)O1.Cl. The Kier molecular flexibility index (Phi) is 5.89. The van der Waals surface area contributed by atoms with Crippen molar-refractivity contribution in [2.45, 2.75) is 58.3 Å². The molecule has 0 bridgehead atoms.